The van der Waals surface area contributed by atoms with E-state index in [0.717, 1.165) is 0 Å². The molecule has 1 rings (SSSR count). The molecule has 0 aliphatic carbocycles. The Morgan fingerprint density at radius 2 is 2.07 bits per heavy atom. The Bertz CT molecular complexity index is 348. The largest absolute Gasteiger partial charge is 0.427 e. The van der Waals surface area contributed by atoms with Gasteiger partial charge in [0.15, 0.2) is 6.17 Å². The molecule has 0 saturated carbocycles. The molecule has 1 aromatic carbocycles. The summed E-state index contributed by atoms with van der Waals surface area (Å²) in [5.74, 6) is 1.94. The van der Waals surface area contributed by atoms with Crippen LogP contribution in [-0.4, -0.2) is 9.79 Å². The van der Waals surface area contributed by atoms with Gasteiger partial charge in [0.1, 0.15) is 5.75 Å². The van der Waals surface area contributed by atoms with Gasteiger partial charge in [0, 0.05) is 5.56 Å². The second-order valence-electron chi connectivity index (χ2n) is 2.41. The molecule has 1 aromatic rings. The lowest BCUT2D eigenvalue weighted by Gasteiger charge is -2.10. The van der Waals surface area contributed by atoms with Crippen LogP contribution in [0.3, 0.4) is 0 Å². The zero-order chi connectivity index (χ0) is 10.6. The molecule has 3 nitrogen and oxygen atoms in total. The van der Waals surface area contributed by atoms with Gasteiger partial charge in [0.05, 0.1) is 0 Å². The third-order valence-electron chi connectivity index (χ3n) is 1.52. The van der Waals surface area contributed by atoms with Crippen molar-refractivity contribution in [3.05, 3.63) is 29.8 Å². The molecule has 1 atom stereocenters. The molecule has 0 aliphatic heterocycles. The number of halogens is 1. The van der Waals surface area contributed by atoms with E-state index < -0.39 is 14.8 Å². The Kier molecular flexibility index (Phi) is 3.84. The summed E-state index contributed by atoms with van der Waals surface area (Å²) in [5, 5.41) is 0. The summed E-state index contributed by atoms with van der Waals surface area (Å²) in [6, 6.07) is 6.02. The number of benzene rings is 1. The van der Waals surface area contributed by atoms with Crippen molar-refractivity contribution in [3.63, 3.8) is 0 Å². The van der Waals surface area contributed by atoms with E-state index in [1.165, 1.54) is 12.1 Å². The molecule has 0 spiro atoms. The first kappa shape index (κ1) is 10.9. The van der Waals surface area contributed by atoms with E-state index in [2.05, 4.69) is 4.52 Å². The van der Waals surface area contributed by atoms with Gasteiger partial charge in [-0.1, -0.05) is 24.1 Å². The molecule has 0 amide bonds. The minimum absolute atomic E-state index is 0.0501. The molecule has 0 heterocycles. The highest BCUT2D eigenvalue weighted by atomic mass is 31.2. The first-order valence-electron chi connectivity index (χ1n) is 3.70. The van der Waals surface area contributed by atoms with Crippen LogP contribution in [-0.2, 0) is 0 Å². The minimum Gasteiger partial charge on any atom is -0.427 e. The number of para-hydroxylation sites is 1. The van der Waals surface area contributed by atoms with E-state index in [4.69, 9.17) is 16.2 Å². The van der Waals surface area contributed by atoms with Gasteiger partial charge in [-0.2, -0.15) is 0 Å². The lowest BCUT2D eigenvalue weighted by atomic mass is 10.1. The van der Waals surface area contributed by atoms with Crippen LogP contribution in [0.2, 0.25) is 0 Å². The maximum Gasteiger partial charge on any atom is 0.391 e. The van der Waals surface area contributed by atoms with Gasteiger partial charge in [-0.3, -0.25) is 0 Å². The van der Waals surface area contributed by atoms with Gasteiger partial charge in [-0.15, -0.1) is 6.42 Å². The van der Waals surface area contributed by atoms with Gasteiger partial charge >= 0.3 is 8.60 Å². The molecule has 1 unspecified atom stereocenters. The standard InChI is InChI=1S/C9H8FO3P/c1-2-8(10)7-5-3-4-6-9(7)13-14(11)12/h1,3-6,8,11-12H. The van der Waals surface area contributed by atoms with E-state index in [1.54, 1.807) is 12.1 Å². The fourth-order valence-corrected chi connectivity index (χ4v) is 1.29. The SMILES string of the molecule is C#CC(F)c1ccccc1OP(O)O. The second kappa shape index (κ2) is 4.92. The topological polar surface area (TPSA) is 49.7 Å². The second-order valence-corrected chi connectivity index (χ2v) is 3.10. The highest BCUT2D eigenvalue weighted by Crippen LogP contribution is 2.35. The minimum atomic E-state index is -2.56. The normalized spacial score (nSPS) is 12.2. The molecule has 0 aliphatic rings. The third kappa shape index (κ3) is 2.68. The number of terminal acetylenes is 1. The predicted octanol–water partition coefficient (Wildman–Crippen LogP) is 1.92. The van der Waals surface area contributed by atoms with Crippen molar-refractivity contribution in [3.8, 4) is 18.1 Å². The van der Waals surface area contributed by atoms with Crippen LogP contribution < -0.4 is 4.52 Å². The van der Waals surface area contributed by atoms with E-state index in [0.29, 0.717) is 0 Å². The first-order valence-corrected chi connectivity index (χ1v) is 4.86. The third-order valence-corrected chi connectivity index (χ3v) is 1.88. The molecule has 0 saturated heterocycles. The van der Waals surface area contributed by atoms with Crippen LogP contribution in [0.1, 0.15) is 11.7 Å². The van der Waals surface area contributed by atoms with Gasteiger partial charge in [-0.05, 0) is 6.07 Å². The summed E-state index contributed by atoms with van der Waals surface area (Å²) in [6.07, 6.45) is 3.29. The van der Waals surface area contributed by atoms with E-state index >= 15 is 0 Å². The Morgan fingerprint density at radius 3 is 2.64 bits per heavy atom. The summed E-state index contributed by atoms with van der Waals surface area (Å²) in [6.45, 7) is 0. The van der Waals surface area contributed by atoms with Crippen LogP contribution in [0.15, 0.2) is 24.3 Å². The molecule has 0 aromatic heterocycles. The average molecular weight is 214 g/mol. The van der Waals surface area contributed by atoms with Crippen molar-refractivity contribution in [2.75, 3.05) is 0 Å². The van der Waals surface area contributed by atoms with Crippen molar-refractivity contribution in [2.24, 2.45) is 0 Å². The maximum absolute atomic E-state index is 13.1. The summed E-state index contributed by atoms with van der Waals surface area (Å²) < 4.78 is 17.7. The van der Waals surface area contributed by atoms with Crippen LogP contribution in [0.4, 0.5) is 4.39 Å². The Labute approximate surface area is 82.2 Å². The number of hydrogen-bond acceptors (Lipinski definition) is 3. The fourth-order valence-electron chi connectivity index (χ4n) is 0.951. The maximum atomic E-state index is 13.1. The molecular weight excluding hydrogens is 206 g/mol. The molecule has 0 bridgehead atoms. The molecule has 0 radical (unpaired) electrons. The molecule has 0 fully saturated rings. The van der Waals surface area contributed by atoms with Crippen LogP contribution in [0.25, 0.3) is 0 Å². The Balaban J connectivity index is 2.98. The van der Waals surface area contributed by atoms with Crippen LogP contribution >= 0.6 is 8.60 Å². The van der Waals surface area contributed by atoms with E-state index in [1.807, 2.05) is 5.92 Å². The molecule has 14 heavy (non-hydrogen) atoms. The monoisotopic (exact) mass is 214 g/mol. The molecule has 74 valence electrons. The first-order chi connectivity index (χ1) is 6.65. The average Bonchev–Trinajstić information content (AvgIpc) is 2.16. The quantitative estimate of drug-likeness (QED) is 0.597. The molecule has 2 N–H and O–H groups in total. The van der Waals surface area contributed by atoms with Crippen molar-refractivity contribution in [2.45, 2.75) is 6.17 Å². The summed E-state index contributed by atoms with van der Waals surface area (Å²) in [5.41, 5.74) is 0.116. The number of hydrogen-bond donors (Lipinski definition) is 2. The lowest BCUT2D eigenvalue weighted by Crippen LogP contribution is -1.94. The Morgan fingerprint density at radius 1 is 1.43 bits per heavy atom. The fraction of sp³-hybridized carbons (Fsp3) is 0.111. The van der Waals surface area contributed by atoms with Gasteiger partial charge in [0.2, 0.25) is 0 Å². The zero-order valence-electron chi connectivity index (χ0n) is 7.09. The highest BCUT2D eigenvalue weighted by molar-refractivity contribution is 7.39. The summed E-state index contributed by atoms with van der Waals surface area (Å²) >= 11 is 0. The van der Waals surface area contributed by atoms with Crippen LogP contribution in [0.5, 0.6) is 5.75 Å². The Hall–Kier alpha value is -1.14. The zero-order valence-corrected chi connectivity index (χ0v) is 7.99. The molecular formula is C9H8FO3P. The van der Waals surface area contributed by atoms with E-state index in [-0.39, 0.29) is 11.3 Å². The van der Waals surface area contributed by atoms with Crippen molar-refractivity contribution < 1.29 is 18.7 Å². The van der Waals surface area contributed by atoms with Crippen LogP contribution in [0, 0.1) is 12.3 Å². The summed E-state index contributed by atoms with van der Waals surface area (Å²) in [4.78, 5) is 17.2. The smallest absolute Gasteiger partial charge is 0.391 e. The highest BCUT2D eigenvalue weighted by Gasteiger charge is 2.14. The van der Waals surface area contributed by atoms with Gasteiger partial charge in [0.25, 0.3) is 0 Å². The lowest BCUT2D eigenvalue weighted by molar-refractivity contribution is 0.364. The molecule has 5 heteroatoms. The van der Waals surface area contributed by atoms with Crippen molar-refractivity contribution >= 4 is 8.60 Å². The van der Waals surface area contributed by atoms with E-state index in [9.17, 15) is 4.39 Å². The van der Waals surface area contributed by atoms with Crippen molar-refractivity contribution in [1.82, 2.24) is 0 Å². The number of alkyl halides is 1. The summed E-state index contributed by atoms with van der Waals surface area (Å²) in [7, 11) is -2.56. The predicted molar refractivity (Wildman–Crippen MR) is 51.1 cm³/mol. The number of rotatable bonds is 3. The van der Waals surface area contributed by atoms with Gasteiger partial charge in [-0.25, -0.2) is 4.39 Å². The van der Waals surface area contributed by atoms with Gasteiger partial charge < -0.3 is 14.3 Å². The van der Waals surface area contributed by atoms with Crippen molar-refractivity contribution in [1.29, 1.82) is 0 Å².